The van der Waals surface area contributed by atoms with Crippen LogP contribution in [0.2, 0.25) is 0 Å². The smallest absolute Gasteiger partial charge is 0.0805 e. The lowest BCUT2D eigenvalue weighted by molar-refractivity contribution is 0.769. The summed E-state index contributed by atoms with van der Waals surface area (Å²) in [6, 6.07) is 29.3. The first-order valence-corrected chi connectivity index (χ1v) is 9.07. The fourth-order valence-electron chi connectivity index (χ4n) is 3.63. The standard InChI is InChI=1S/C24H22N2/c1-3-26-18(2)23(21-16-10-11-17-22(21)26)24(19-12-6-4-7-13-19)25-20-14-8-5-9-15-20/h4-17H,3H2,1-2H3. The van der Waals surface area contributed by atoms with Gasteiger partial charge in [0.2, 0.25) is 0 Å². The maximum absolute atomic E-state index is 5.06. The molecule has 4 rings (SSSR count). The number of hydrogen-bond acceptors (Lipinski definition) is 1. The van der Waals surface area contributed by atoms with E-state index >= 15 is 0 Å². The van der Waals surface area contributed by atoms with Gasteiger partial charge >= 0.3 is 0 Å². The van der Waals surface area contributed by atoms with Crippen molar-refractivity contribution in [3.8, 4) is 0 Å². The molecule has 0 bridgehead atoms. The minimum Gasteiger partial charge on any atom is -0.344 e. The Labute approximate surface area is 154 Å². The van der Waals surface area contributed by atoms with Crippen LogP contribution in [0.5, 0.6) is 0 Å². The molecule has 0 aliphatic rings. The number of aliphatic imine (C=N–C) groups is 1. The molecule has 4 aromatic rings. The summed E-state index contributed by atoms with van der Waals surface area (Å²) in [4.78, 5) is 5.06. The Morgan fingerprint density at radius 2 is 1.42 bits per heavy atom. The maximum atomic E-state index is 5.06. The molecule has 128 valence electrons. The Hall–Kier alpha value is -3.13. The zero-order valence-corrected chi connectivity index (χ0v) is 15.2. The van der Waals surface area contributed by atoms with Crippen molar-refractivity contribution in [3.05, 3.63) is 102 Å². The zero-order chi connectivity index (χ0) is 17.9. The van der Waals surface area contributed by atoms with E-state index in [0.29, 0.717) is 0 Å². The van der Waals surface area contributed by atoms with Crippen LogP contribution in [0.25, 0.3) is 10.9 Å². The van der Waals surface area contributed by atoms with Crippen LogP contribution in [0.15, 0.2) is 89.9 Å². The second-order valence-corrected chi connectivity index (χ2v) is 6.38. The van der Waals surface area contributed by atoms with E-state index in [4.69, 9.17) is 4.99 Å². The van der Waals surface area contributed by atoms with Gasteiger partial charge in [-0.05, 0) is 32.0 Å². The zero-order valence-electron chi connectivity index (χ0n) is 15.2. The summed E-state index contributed by atoms with van der Waals surface area (Å²) in [5.41, 5.74) is 6.87. The first-order valence-electron chi connectivity index (χ1n) is 9.07. The summed E-state index contributed by atoms with van der Waals surface area (Å²) in [7, 11) is 0. The second kappa shape index (κ2) is 7.01. The number of hydrogen-bond donors (Lipinski definition) is 0. The molecule has 1 heterocycles. The van der Waals surface area contributed by atoms with Gasteiger partial charge in [0.1, 0.15) is 0 Å². The fraction of sp³-hybridized carbons (Fsp3) is 0.125. The Bertz CT molecular complexity index is 1060. The molecule has 0 fully saturated rings. The van der Waals surface area contributed by atoms with Crippen LogP contribution in [0.1, 0.15) is 23.7 Å². The first kappa shape index (κ1) is 16.3. The molecule has 0 unspecified atom stereocenters. The quantitative estimate of drug-likeness (QED) is 0.398. The molecule has 2 nitrogen and oxygen atoms in total. The van der Waals surface area contributed by atoms with Gasteiger partial charge in [0.05, 0.1) is 11.4 Å². The van der Waals surface area contributed by atoms with Crippen LogP contribution in [-0.4, -0.2) is 10.3 Å². The maximum Gasteiger partial charge on any atom is 0.0805 e. The summed E-state index contributed by atoms with van der Waals surface area (Å²) >= 11 is 0. The lowest BCUT2D eigenvalue weighted by Crippen LogP contribution is -2.06. The van der Waals surface area contributed by atoms with Gasteiger partial charge in [-0.15, -0.1) is 0 Å². The summed E-state index contributed by atoms with van der Waals surface area (Å²) in [5.74, 6) is 0. The highest BCUT2D eigenvalue weighted by Gasteiger charge is 2.19. The molecule has 2 heteroatoms. The lowest BCUT2D eigenvalue weighted by atomic mass is 9.99. The highest BCUT2D eigenvalue weighted by Crippen LogP contribution is 2.30. The van der Waals surface area contributed by atoms with E-state index in [0.717, 1.165) is 23.5 Å². The fourth-order valence-corrected chi connectivity index (χ4v) is 3.63. The molecule has 0 amide bonds. The van der Waals surface area contributed by atoms with Gasteiger partial charge in [-0.1, -0.05) is 66.7 Å². The molecule has 0 aliphatic carbocycles. The van der Waals surface area contributed by atoms with Gasteiger partial charge < -0.3 is 4.57 Å². The molecule has 0 radical (unpaired) electrons. The van der Waals surface area contributed by atoms with Crippen molar-refractivity contribution in [1.82, 2.24) is 4.57 Å². The van der Waals surface area contributed by atoms with Crippen molar-refractivity contribution in [2.24, 2.45) is 4.99 Å². The number of aromatic nitrogens is 1. The van der Waals surface area contributed by atoms with E-state index in [2.05, 4.69) is 79.1 Å². The normalized spacial score (nSPS) is 11.8. The van der Waals surface area contributed by atoms with Crippen LogP contribution >= 0.6 is 0 Å². The van der Waals surface area contributed by atoms with Crippen molar-refractivity contribution in [2.75, 3.05) is 0 Å². The van der Waals surface area contributed by atoms with Crippen LogP contribution in [-0.2, 0) is 6.54 Å². The van der Waals surface area contributed by atoms with Crippen LogP contribution in [0, 0.1) is 6.92 Å². The predicted octanol–water partition coefficient (Wildman–Crippen LogP) is 6.14. The van der Waals surface area contributed by atoms with Gasteiger partial charge in [0, 0.05) is 34.3 Å². The Morgan fingerprint density at radius 1 is 0.808 bits per heavy atom. The Morgan fingerprint density at radius 3 is 2.12 bits per heavy atom. The molecule has 1 aromatic heterocycles. The molecule has 26 heavy (non-hydrogen) atoms. The number of benzene rings is 3. The SMILES string of the molecule is CCn1c(C)c(C(=Nc2ccccc2)c2ccccc2)c2ccccc21. The van der Waals surface area contributed by atoms with E-state index in [9.17, 15) is 0 Å². The topological polar surface area (TPSA) is 17.3 Å². The third-order valence-electron chi connectivity index (χ3n) is 4.83. The van der Waals surface area contributed by atoms with Gasteiger partial charge in [0.25, 0.3) is 0 Å². The average molecular weight is 338 g/mol. The van der Waals surface area contributed by atoms with Crippen molar-refractivity contribution < 1.29 is 0 Å². The number of rotatable bonds is 4. The van der Waals surface area contributed by atoms with Crippen LogP contribution in [0.3, 0.4) is 0 Å². The van der Waals surface area contributed by atoms with Crippen molar-refractivity contribution in [3.63, 3.8) is 0 Å². The summed E-state index contributed by atoms with van der Waals surface area (Å²) < 4.78 is 2.37. The molecule has 0 atom stereocenters. The Kier molecular flexibility index (Phi) is 4.40. The minimum absolute atomic E-state index is 0.944. The predicted molar refractivity (Wildman–Crippen MR) is 111 cm³/mol. The van der Waals surface area contributed by atoms with Gasteiger partial charge in [-0.3, -0.25) is 0 Å². The molecule has 3 aromatic carbocycles. The molecule has 0 saturated heterocycles. The van der Waals surface area contributed by atoms with Gasteiger partial charge in [-0.25, -0.2) is 4.99 Å². The Balaban J connectivity index is 2.04. The molecular formula is C24H22N2. The molecule has 0 N–H and O–H groups in total. The highest BCUT2D eigenvalue weighted by atomic mass is 15.0. The van der Waals surface area contributed by atoms with E-state index in [1.54, 1.807) is 0 Å². The first-order chi connectivity index (χ1) is 12.8. The van der Waals surface area contributed by atoms with Crippen LogP contribution < -0.4 is 0 Å². The van der Waals surface area contributed by atoms with Gasteiger partial charge in [0.15, 0.2) is 0 Å². The van der Waals surface area contributed by atoms with Gasteiger partial charge in [-0.2, -0.15) is 0 Å². The van der Waals surface area contributed by atoms with Crippen molar-refractivity contribution in [2.45, 2.75) is 20.4 Å². The van der Waals surface area contributed by atoms with E-state index < -0.39 is 0 Å². The van der Waals surface area contributed by atoms with E-state index in [-0.39, 0.29) is 0 Å². The third-order valence-corrected chi connectivity index (χ3v) is 4.83. The molecular weight excluding hydrogens is 316 g/mol. The molecule has 0 aliphatic heterocycles. The van der Waals surface area contributed by atoms with Crippen molar-refractivity contribution >= 4 is 22.3 Å². The lowest BCUT2D eigenvalue weighted by Gasteiger charge is -2.10. The molecule has 0 saturated carbocycles. The summed E-state index contributed by atoms with van der Waals surface area (Å²) in [5, 5.41) is 1.25. The second-order valence-electron chi connectivity index (χ2n) is 6.38. The summed E-state index contributed by atoms with van der Waals surface area (Å²) in [6.07, 6.45) is 0. The average Bonchev–Trinajstić information content (AvgIpc) is 2.98. The van der Waals surface area contributed by atoms with Crippen LogP contribution in [0.4, 0.5) is 5.69 Å². The monoisotopic (exact) mass is 338 g/mol. The highest BCUT2D eigenvalue weighted by molar-refractivity contribution is 6.21. The van der Waals surface area contributed by atoms with Crippen molar-refractivity contribution in [1.29, 1.82) is 0 Å². The molecule has 0 spiro atoms. The number of aryl methyl sites for hydroxylation is 1. The third kappa shape index (κ3) is 2.84. The number of nitrogens with zero attached hydrogens (tertiary/aromatic N) is 2. The summed E-state index contributed by atoms with van der Waals surface area (Å²) in [6.45, 7) is 5.34. The largest absolute Gasteiger partial charge is 0.344 e. The van der Waals surface area contributed by atoms with E-state index in [1.807, 2.05) is 24.3 Å². The van der Waals surface area contributed by atoms with E-state index in [1.165, 1.54) is 22.2 Å². The number of para-hydroxylation sites is 2. The minimum atomic E-state index is 0.944. The number of fused-ring (bicyclic) bond motifs is 1.